The monoisotopic (exact) mass is 352 g/mol. The van der Waals surface area contributed by atoms with E-state index in [0.29, 0.717) is 11.6 Å². The van der Waals surface area contributed by atoms with Crippen molar-refractivity contribution in [3.05, 3.63) is 65.7 Å². The molecule has 0 aliphatic carbocycles. The van der Waals surface area contributed by atoms with Crippen LogP contribution in [0.15, 0.2) is 64.8 Å². The maximum atomic E-state index is 12.1. The fourth-order valence-electron chi connectivity index (χ4n) is 2.42. The van der Waals surface area contributed by atoms with Gasteiger partial charge in [-0.2, -0.15) is 5.10 Å². The van der Waals surface area contributed by atoms with Crippen molar-refractivity contribution in [2.45, 2.75) is 11.7 Å². The lowest BCUT2D eigenvalue weighted by Crippen LogP contribution is -2.25. The summed E-state index contributed by atoms with van der Waals surface area (Å²) in [5.41, 5.74) is 3.23. The first kappa shape index (κ1) is 17.2. The second kappa shape index (κ2) is 7.98. The summed E-state index contributed by atoms with van der Waals surface area (Å²) in [5.74, 6) is -0.0156. The Hall–Kier alpha value is -2.60. The summed E-state index contributed by atoms with van der Waals surface area (Å²) in [6.45, 7) is 0. The van der Waals surface area contributed by atoms with Crippen LogP contribution in [0.1, 0.15) is 11.1 Å². The van der Waals surface area contributed by atoms with E-state index in [4.69, 9.17) is 0 Å². The van der Waals surface area contributed by atoms with Gasteiger partial charge in [-0.25, -0.2) is 0 Å². The van der Waals surface area contributed by atoms with Crippen molar-refractivity contribution in [3.63, 3.8) is 0 Å². The fraction of sp³-hybridized carbons (Fsp3) is 0.211. The molecule has 1 N–H and O–H groups in total. The molecule has 0 saturated carbocycles. The molecule has 1 heterocycles. The van der Waals surface area contributed by atoms with Gasteiger partial charge < -0.3 is 10.2 Å². The van der Waals surface area contributed by atoms with Gasteiger partial charge in [0.1, 0.15) is 0 Å². The molecule has 25 heavy (non-hydrogen) atoms. The Labute approximate surface area is 151 Å². The van der Waals surface area contributed by atoms with Crippen molar-refractivity contribution in [2.75, 3.05) is 19.0 Å². The molecule has 1 aliphatic rings. The zero-order chi connectivity index (χ0) is 17.6. The van der Waals surface area contributed by atoms with Crippen LogP contribution < -0.4 is 10.2 Å². The van der Waals surface area contributed by atoms with Crippen LogP contribution in [0.25, 0.3) is 0 Å². The van der Waals surface area contributed by atoms with Gasteiger partial charge in [-0.05, 0) is 29.7 Å². The standard InChI is InChI=1S/C19H20N4OS/c1-23(2)16-10-8-15(9-11-16)13-20-22-19-21-18(24)17(25-19)12-14-6-4-3-5-7-14/h3-11,13,17H,12H2,1-2H3,(H,21,22,24)/t17-/m0/s1. The van der Waals surface area contributed by atoms with Crippen LogP contribution in [-0.2, 0) is 11.2 Å². The second-order valence-corrected chi connectivity index (χ2v) is 7.11. The first-order chi connectivity index (χ1) is 12.1. The number of amides is 1. The minimum atomic E-state index is -0.157. The Kier molecular flexibility index (Phi) is 5.50. The highest BCUT2D eigenvalue weighted by molar-refractivity contribution is 8.15. The van der Waals surface area contributed by atoms with Gasteiger partial charge in [-0.1, -0.05) is 54.2 Å². The number of benzene rings is 2. The third kappa shape index (κ3) is 4.70. The van der Waals surface area contributed by atoms with E-state index in [0.717, 1.165) is 16.8 Å². The molecule has 1 fully saturated rings. The minimum Gasteiger partial charge on any atom is -0.378 e. The van der Waals surface area contributed by atoms with Gasteiger partial charge in [0.25, 0.3) is 0 Å². The molecular formula is C19H20N4OS. The van der Waals surface area contributed by atoms with Crippen LogP contribution in [0.5, 0.6) is 0 Å². The average Bonchev–Trinajstić information content (AvgIpc) is 2.96. The number of rotatable bonds is 5. The highest BCUT2D eigenvalue weighted by Gasteiger charge is 2.30. The molecule has 2 aromatic rings. The number of amidine groups is 1. The molecule has 0 aromatic heterocycles. The van der Waals surface area contributed by atoms with Crippen molar-refractivity contribution in [1.29, 1.82) is 0 Å². The molecule has 1 saturated heterocycles. The Morgan fingerprint density at radius 1 is 1.12 bits per heavy atom. The third-order valence-corrected chi connectivity index (χ3v) is 4.88. The highest BCUT2D eigenvalue weighted by Crippen LogP contribution is 2.23. The number of anilines is 1. The Morgan fingerprint density at radius 2 is 1.84 bits per heavy atom. The molecule has 128 valence electrons. The van der Waals surface area contributed by atoms with Gasteiger partial charge in [0.15, 0.2) is 5.17 Å². The van der Waals surface area contributed by atoms with Crippen molar-refractivity contribution >= 4 is 34.7 Å². The number of hydrogen-bond acceptors (Lipinski definition) is 5. The van der Waals surface area contributed by atoms with E-state index >= 15 is 0 Å². The zero-order valence-electron chi connectivity index (χ0n) is 14.2. The van der Waals surface area contributed by atoms with Gasteiger partial charge in [0.05, 0.1) is 11.5 Å². The predicted octanol–water partition coefficient (Wildman–Crippen LogP) is 2.92. The quantitative estimate of drug-likeness (QED) is 0.665. The van der Waals surface area contributed by atoms with E-state index in [1.165, 1.54) is 11.8 Å². The number of nitrogens with one attached hydrogen (secondary N) is 1. The largest absolute Gasteiger partial charge is 0.378 e. The van der Waals surface area contributed by atoms with E-state index in [-0.39, 0.29) is 11.2 Å². The summed E-state index contributed by atoms with van der Waals surface area (Å²) in [5, 5.41) is 11.4. The molecule has 1 aliphatic heterocycles. The van der Waals surface area contributed by atoms with Crippen molar-refractivity contribution in [3.8, 4) is 0 Å². The Balaban J connectivity index is 1.59. The van der Waals surface area contributed by atoms with E-state index in [1.54, 1.807) is 6.21 Å². The van der Waals surface area contributed by atoms with Crippen LogP contribution in [-0.4, -0.2) is 36.6 Å². The molecule has 1 atom stereocenters. The van der Waals surface area contributed by atoms with Gasteiger partial charge >= 0.3 is 0 Å². The summed E-state index contributed by atoms with van der Waals surface area (Å²) in [6.07, 6.45) is 2.37. The van der Waals surface area contributed by atoms with Crippen LogP contribution in [0, 0.1) is 0 Å². The van der Waals surface area contributed by atoms with Crippen molar-refractivity contribution in [1.82, 2.24) is 5.32 Å². The highest BCUT2D eigenvalue weighted by atomic mass is 32.2. The Morgan fingerprint density at radius 3 is 2.52 bits per heavy atom. The maximum absolute atomic E-state index is 12.1. The zero-order valence-corrected chi connectivity index (χ0v) is 15.0. The lowest BCUT2D eigenvalue weighted by molar-refractivity contribution is -0.118. The van der Waals surface area contributed by atoms with E-state index in [2.05, 4.69) is 15.5 Å². The van der Waals surface area contributed by atoms with Gasteiger partial charge in [0, 0.05) is 19.8 Å². The SMILES string of the molecule is CN(C)c1ccc(C=N/N=C2\NC(=O)[C@H](Cc3ccccc3)S2)cc1. The number of carbonyl (C=O) groups excluding carboxylic acids is 1. The fourth-order valence-corrected chi connectivity index (χ4v) is 3.39. The number of nitrogens with zero attached hydrogens (tertiary/aromatic N) is 3. The van der Waals surface area contributed by atoms with E-state index < -0.39 is 0 Å². The molecule has 0 unspecified atom stereocenters. The molecule has 5 nitrogen and oxygen atoms in total. The normalized spacial score (nSPS) is 18.7. The first-order valence-electron chi connectivity index (χ1n) is 8.01. The number of carbonyl (C=O) groups is 1. The van der Waals surface area contributed by atoms with Crippen molar-refractivity contribution in [2.24, 2.45) is 10.2 Å². The third-order valence-electron chi connectivity index (χ3n) is 3.81. The maximum Gasteiger partial charge on any atom is 0.239 e. The summed E-state index contributed by atoms with van der Waals surface area (Å²) in [7, 11) is 4.00. The minimum absolute atomic E-state index is 0.0156. The van der Waals surface area contributed by atoms with Gasteiger partial charge in [-0.15, -0.1) is 5.10 Å². The van der Waals surface area contributed by atoms with E-state index in [1.807, 2.05) is 73.6 Å². The molecule has 0 bridgehead atoms. The average molecular weight is 352 g/mol. The van der Waals surface area contributed by atoms with Crippen LogP contribution in [0.3, 0.4) is 0 Å². The summed E-state index contributed by atoms with van der Waals surface area (Å²) < 4.78 is 0. The summed E-state index contributed by atoms with van der Waals surface area (Å²) >= 11 is 1.42. The van der Waals surface area contributed by atoms with Crippen LogP contribution in [0.4, 0.5) is 5.69 Å². The summed E-state index contributed by atoms with van der Waals surface area (Å²) in [4.78, 5) is 14.1. The molecule has 0 spiro atoms. The van der Waals surface area contributed by atoms with Crippen LogP contribution >= 0.6 is 11.8 Å². The first-order valence-corrected chi connectivity index (χ1v) is 8.89. The lowest BCUT2D eigenvalue weighted by Gasteiger charge is -2.11. The predicted molar refractivity (Wildman–Crippen MR) is 105 cm³/mol. The number of hydrogen-bond donors (Lipinski definition) is 1. The molecule has 0 radical (unpaired) electrons. The molecule has 1 amide bonds. The van der Waals surface area contributed by atoms with Crippen LogP contribution in [0.2, 0.25) is 0 Å². The number of thioether (sulfide) groups is 1. The Bertz CT molecular complexity index is 785. The van der Waals surface area contributed by atoms with Gasteiger partial charge in [0.2, 0.25) is 5.91 Å². The summed E-state index contributed by atoms with van der Waals surface area (Å²) in [6, 6.07) is 18.0. The molecule has 2 aromatic carbocycles. The second-order valence-electron chi connectivity index (χ2n) is 5.92. The molecular weight excluding hydrogens is 332 g/mol. The van der Waals surface area contributed by atoms with Gasteiger partial charge in [-0.3, -0.25) is 4.79 Å². The smallest absolute Gasteiger partial charge is 0.239 e. The van der Waals surface area contributed by atoms with E-state index in [9.17, 15) is 4.79 Å². The van der Waals surface area contributed by atoms with Crippen molar-refractivity contribution < 1.29 is 4.79 Å². The molecule has 3 rings (SSSR count). The molecule has 6 heteroatoms. The topological polar surface area (TPSA) is 57.1 Å². The lowest BCUT2D eigenvalue weighted by atomic mass is 10.1.